The second-order valence-electron chi connectivity index (χ2n) is 4.58. The number of thiazole rings is 1. The molecule has 0 radical (unpaired) electrons. The molecule has 21 heavy (non-hydrogen) atoms. The van der Waals surface area contributed by atoms with E-state index in [1.165, 1.54) is 11.3 Å². The van der Waals surface area contributed by atoms with E-state index in [0.717, 1.165) is 27.3 Å². The van der Waals surface area contributed by atoms with Crippen LogP contribution in [0, 0.1) is 6.92 Å². The maximum atomic E-state index is 6.32. The van der Waals surface area contributed by atoms with E-state index in [0.29, 0.717) is 15.9 Å². The van der Waals surface area contributed by atoms with E-state index in [1.54, 1.807) is 17.8 Å². The Hall–Kier alpha value is -1.62. The number of aromatic nitrogens is 2. The Kier molecular flexibility index (Phi) is 3.85. The van der Waals surface area contributed by atoms with Gasteiger partial charge in [0.25, 0.3) is 0 Å². The monoisotopic (exact) mass is 335 g/mol. The first-order valence-electron chi connectivity index (χ1n) is 6.18. The van der Waals surface area contributed by atoms with E-state index in [-0.39, 0.29) is 0 Å². The van der Waals surface area contributed by atoms with Gasteiger partial charge >= 0.3 is 0 Å². The fourth-order valence-corrected chi connectivity index (χ4v) is 3.36. The molecule has 6 heteroatoms. The Labute approximate surface area is 136 Å². The topological polar surface area (TPSA) is 51.8 Å². The number of benzene rings is 1. The smallest absolute Gasteiger partial charge is 0.132 e. The lowest BCUT2D eigenvalue weighted by atomic mass is 10.1. The summed E-state index contributed by atoms with van der Waals surface area (Å²) in [6.07, 6.45) is 1.73. The molecule has 0 atom stereocenters. The Morgan fingerprint density at radius 2 is 1.95 bits per heavy atom. The predicted octanol–water partition coefficient (Wildman–Crippen LogP) is 5.07. The van der Waals surface area contributed by atoms with Gasteiger partial charge in [-0.25, -0.2) is 9.97 Å². The first-order chi connectivity index (χ1) is 10.1. The van der Waals surface area contributed by atoms with Crippen molar-refractivity contribution in [3.05, 3.63) is 51.6 Å². The maximum absolute atomic E-state index is 6.32. The normalized spacial score (nSPS) is 10.8. The molecule has 0 bridgehead atoms. The molecule has 0 aliphatic rings. The standard InChI is InChI=1S/C15H11Cl2N3S/c1-8-5-10(15(18)19-6-8)13-14(21-7-20-13)9-3-2-4-11(16)12(9)17/h2-7H,1H3,(H2,18,19). The van der Waals surface area contributed by atoms with Gasteiger partial charge in [0.1, 0.15) is 5.82 Å². The van der Waals surface area contributed by atoms with Crippen molar-refractivity contribution in [3.63, 3.8) is 0 Å². The van der Waals surface area contributed by atoms with Gasteiger partial charge in [0.2, 0.25) is 0 Å². The molecule has 3 aromatic rings. The quantitative estimate of drug-likeness (QED) is 0.711. The van der Waals surface area contributed by atoms with Crippen molar-refractivity contribution in [2.75, 3.05) is 5.73 Å². The summed E-state index contributed by atoms with van der Waals surface area (Å²) in [7, 11) is 0. The van der Waals surface area contributed by atoms with Crippen molar-refractivity contribution in [1.82, 2.24) is 9.97 Å². The van der Waals surface area contributed by atoms with E-state index in [9.17, 15) is 0 Å². The minimum absolute atomic E-state index is 0.450. The minimum Gasteiger partial charge on any atom is -0.383 e. The molecule has 0 fully saturated rings. The van der Waals surface area contributed by atoms with Crippen LogP contribution >= 0.6 is 34.5 Å². The second kappa shape index (κ2) is 5.64. The van der Waals surface area contributed by atoms with Gasteiger partial charge in [0.05, 0.1) is 26.1 Å². The summed E-state index contributed by atoms with van der Waals surface area (Å²) < 4.78 is 0. The number of nitrogen functional groups attached to an aromatic ring is 1. The highest BCUT2D eigenvalue weighted by atomic mass is 35.5. The first kappa shape index (κ1) is 14.3. The summed E-state index contributed by atoms with van der Waals surface area (Å²) >= 11 is 13.9. The number of hydrogen-bond acceptors (Lipinski definition) is 4. The Morgan fingerprint density at radius 3 is 2.76 bits per heavy atom. The minimum atomic E-state index is 0.450. The summed E-state index contributed by atoms with van der Waals surface area (Å²) in [5, 5.41) is 1.03. The molecule has 0 unspecified atom stereocenters. The zero-order valence-electron chi connectivity index (χ0n) is 11.1. The van der Waals surface area contributed by atoms with E-state index >= 15 is 0 Å². The summed E-state index contributed by atoms with van der Waals surface area (Å²) in [5.74, 6) is 0.450. The maximum Gasteiger partial charge on any atom is 0.132 e. The van der Waals surface area contributed by atoms with Gasteiger partial charge in [-0.2, -0.15) is 0 Å². The molecule has 0 aliphatic carbocycles. The van der Waals surface area contributed by atoms with Crippen LogP contribution in [0.15, 0.2) is 36.0 Å². The Bertz CT molecular complexity index is 798. The summed E-state index contributed by atoms with van der Waals surface area (Å²) in [6.45, 7) is 1.97. The third kappa shape index (κ3) is 2.62. The number of nitrogens with zero attached hydrogens (tertiary/aromatic N) is 2. The van der Waals surface area contributed by atoms with Crippen LogP contribution in [0.5, 0.6) is 0 Å². The van der Waals surface area contributed by atoms with Gasteiger partial charge in [-0.1, -0.05) is 35.3 Å². The molecule has 0 amide bonds. The summed E-state index contributed by atoms with van der Waals surface area (Å²) in [6, 6.07) is 7.52. The van der Waals surface area contributed by atoms with E-state index < -0.39 is 0 Å². The van der Waals surface area contributed by atoms with Crippen LogP contribution in [-0.2, 0) is 0 Å². The number of halogens is 2. The molecule has 0 aliphatic heterocycles. The molecule has 2 heterocycles. The number of hydrogen-bond donors (Lipinski definition) is 1. The summed E-state index contributed by atoms with van der Waals surface area (Å²) in [5.41, 5.74) is 11.2. The van der Waals surface area contributed by atoms with E-state index in [1.807, 2.05) is 25.1 Å². The van der Waals surface area contributed by atoms with Crippen molar-refractivity contribution in [1.29, 1.82) is 0 Å². The number of pyridine rings is 1. The molecule has 3 nitrogen and oxygen atoms in total. The fourth-order valence-electron chi connectivity index (χ4n) is 2.08. The highest BCUT2D eigenvalue weighted by molar-refractivity contribution is 7.13. The van der Waals surface area contributed by atoms with Crippen LogP contribution in [0.4, 0.5) is 5.82 Å². The van der Waals surface area contributed by atoms with Crippen LogP contribution in [0.2, 0.25) is 10.0 Å². The van der Waals surface area contributed by atoms with E-state index in [2.05, 4.69) is 9.97 Å². The zero-order valence-corrected chi connectivity index (χ0v) is 13.4. The van der Waals surface area contributed by atoms with E-state index in [4.69, 9.17) is 28.9 Å². The summed E-state index contributed by atoms with van der Waals surface area (Å²) in [4.78, 5) is 9.56. The van der Waals surface area contributed by atoms with Crippen molar-refractivity contribution < 1.29 is 0 Å². The zero-order chi connectivity index (χ0) is 15.0. The lowest BCUT2D eigenvalue weighted by Crippen LogP contribution is -1.96. The molecule has 106 valence electrons. The average Bonchev–Trinajstić information content (AvgIpc) is 2.93. The molecule has 0 saturated heterocycles. The Balaban J connectivity index is 2.22. The Morgan fingerprint density at radius 1 is 1.14 bits per heavy atom. The second-order valence-corrected chi connectivity index (χ2v) is 6.22. The van der Waals surface area contributed by atoms with Crippen molar-refractivity contribution >= 4 is 40.4 Å². The molecular formula is C15H11Cl2N3S. The van der Waals surface area contributed by atoms with Crippen LogP contribution in [0.1, 0.15) is 5.56 Å². The molecule has 0 spiro atoms. The molecule has 3 rings (SSSR count). The number of rotatable bonds is 2. The van der Waals surface area contributed by atoms with Crippen molar-refractivity contribution in [2.24, 2.45) is 0 Å². The lowest BCUT2D eigenvalue weighted by molar-refractivity contribution is 1.26. The van der Waals surface area contributed by atoms with Gasteiger partial charge in [-0.3, -0.25) is 0 Å². The van der Waals surface area contributed by atoms with Crippen LogP contribution in [-0.4, -0.2) is 9.97 Å². The van der Waals surface area contributed by atoms with Crippen molar-refractivity contribution in [3.8, 4) is 21.7 Å². The van der Waals surface area contributed by atoms with Gasteiger partial charge in [0.15, 0.2) is 0 Å². The lowest BCUT2D eigenvalue weighted by Gasteiger charge is -2.08. The first-order valence-corrected chi connectivity index (χ1v) is 7.82. The highest BCUT2D eigenvalue weighted by Crippen LogP contribution is 2.41. The third-order valence-corrected chi connectivity index (χ3v) is 4.75. The fraction of sp³-hybridized carbons (Fsp3) is 0.0667. The molecule has 2 N–H and O–H groups in total. The SMILES string of the molecule is Cc1cnc(N)c(-c2ncsc2-c2cccc(Cl)c2Cl)c1. The van der Waals surface area contributed by atoms with Crippen molar-refractivity contribution in [2.45, 2.75) is 6.92 Å². The van der Waals surface area contributed by atoms with Gasteiger partial charge in [0, 0.05) is 17.3 Å². The van der Waals surface area contributed by atoms with Crippen LogP contribution < -0.4 is 5.73 Å². The molecule has 2 aromatic heterocycles. The predicted molar refractivity (Wildman–Crippen MR) is 90.0 cm³/mol. The van der Waals surface area contributed by atoms with Crippen LogP contribution in [0.3, 0.4) is 0 Å². The van der Waals surface area contributed by atoms with Gasteiger partial charge < -0.3 is 5.73 Å². The molecule has 1 aromatic carbocycles. The largest absolute Gasteiger partial charge is 0.383 e. The molecular weight excluding hydrogens is 325 g/mol. The molecule has 0 saturated carbocycles. The number of nitrogens with two attached hydrogens (primary N) is 1. The van der Waals surface area contributed by atoms with Crippen LogP contribution in [0.25, 0.3) is 21.7 Å². The van der Waals surface area contributed by atoms with Gasteiger partial charge in [-0.15, -0.1) is 11.3 Å². The number of aryl methyl sites for hydroxylation is 1. The average molecular weight is 336 g/mol. The van der Waals surface area contributed by atoms with Gasteiger partial charge in [-0.05, 0) is 24.6 Å². The number of anilines is 1. The highest BCUT2D eigenvalue weighted by Gasteiger charge is 2.17. The third-order valence-electron chi connectivity index (χ3n) is 3.07.